The second-order valence-electron chi connectivity index (χ2n) is 4.95. The summed E-state index contributed by atoms with van der Waals surface area (Å²) in [5, 5.41) is 11.7. The number of aromatic carboxylic acids is 1. The van der Waals surface area contributed by atoms with Crippen LogP contribution in [0.2, 0.25) is 0 Å². The summed E-state index contributed by atoms with van der Waals surface area (Å²) in [4.78, 5) is 26.5. The minimum absolute atomic E-state index is 0.0607. The highest BCUT2D eigenvalue weighted by Crippen LogP contribution is 2.18. The summed E-state index contributed by atoms with van der Waals surface area (Å²) >= 11 is 0. The van der Waals surface area contributed by atoms with E-state index in [1.807, 2.05) is 6.92 Å². The molecular formula is C14H18N2O4. The Morgan fingerprint density at radius 1 is 1.40 bits per heavy atom. The van der Waals surface area contributed by atoms with Crippen LogP contribution in [0, 0.1) is 5.92 Å². The first kappa shape index (κ1) is 14.5. The number of carbonyl (C=O) groups excluding carboxylic acids is 1. The molecule has 0 aliphatic carbocycles. The Bertz CT molecular complexity index is 480. The monoisotopic (exact) mass is 278 g/mol. The fourth-order valence-electron chi connectivity index (χ4n) is 2.28. The third-order valence-corrected chi connectivity index (χ3v) is 3.58. The average Bonchev–Trinajstić information content (AvgIpc) is 2.48. The molecule has 1 aromatic rings. The number of carboxylic acid groups (broad SMARTS) is 1. The van der Waals surface area contributed by atoms with Crippen LogP contribution in [0.3, 0.4) is 0 Å². The molecule has 2 heterocycles. The lowest BCUT2D eigenvalue weighted by Crippen LogP contribution is -2.40. The maximum absolute atomic E-state index is 12.0. The normalized spacial score (nSPS) is 17.4. The van der Waals surface area contributed by atoms with Gasteiger partial charge in [-0.2, -0.15) is 0 Å². The van der Waals surface area contributed by atoms with Gasteiger partial charge in [-0.1, -0.05) is 0 Å². The zero-order chi connectivity index (χ0) is 14.5. The summed E-state index contributed by atoms with van der Waals surface area (Å²) in [6, 6.07) is 2.87. The third-order valence-electron chi connectivity index (χ3n) is 3.58. The summed E-state index contributed by atoms with van der Waals surface area (Å²) in [6.45, 7) is 3.45. The number of carbonyl (C=O) groups is 2. The first-order valence-electron chi connectivity index (χ1n) is 6.66. The Kier molecular flexibility index (Phi) is 4.68. The van der Waals surface area contributed by atoms with Crippen LogP contribution in [0.1, 0.15) is 40.6 Å². The molecule has 108 valence electrons. The van der Waals surface area contributed by atoms with Gasteiger partial charge in [0.2, 0.25) is 0 Å². The largest absolute Gasteiger partial charge is 0.477 e. The Balaban J connectivity index is 1.95. The molecule has 1 amide bonds. The molecule has 1 aliphatic heterocycles. The molecule has 0 aromatic carbocycles. The number of ether oxygens (including phenoxy) is 1. The first-order valence-corrected chi connectivity index (χ1v) is 6.66. The summed E-state index contributed by atoms with van der Waals surface area (Å²) in [5.41, 5.74) is 0.299. The van der Waals surface area contributed by atoms with Crippen molar-refractivity contribution in [1.82, 2.24) is 10.3 Å². The van der Waals surface area contributed by atoms with E-state index in [4.69, 9.17) is 9.84 Å². The number of hydrogen-bond acceptors (Lipinski definition) is 4. The van der Waals surface area contributed by atoms with Crippen molar-refractivity contribution in [3.63, 3.8) is 0 Å². The molecule has 0 radical (unpaired) electrons. The molecular weight excluding hydrogens is 260 g/mol. The average molecular weight is 278 g/mol. The lowest BCUT2D eigenvalue weighted by molar-refractivity contribution is 0.0538. The zero-order valence-electron chi connectivity index (χ0n) is 11.3. The molecule has 20 heavy (non-hydrogen) atoms. The van der Waals surface area contributed by atoms with Crippen LogP contribution in [0.25, 0.3) is 0 Å². The molecule has 6 heteroatoms. The quantitative estimate of drug-likeness (QED) is 0.867. The lowest BCUT2D eigenvalue weighted by atomic mass is 9.93. The van der Waals surface area contributed by atoms with Crippen LogP contribution in [0.5, 0.6) is 0 Å². The van der Waals surface area contributed by atoms with Crippen molar-refractivity contribution < 1.29 is 19.4 Å². The van der Waals surface area contributed by atoms with E-state index < -0.39 is 5.97 Å². The molecule has 1 aromatic heterocycles. The van der Waals surface area contributed by atoms with Crippen LogP contribution < -0.4 is 5.32 Å². The van der Waals surface area contributed by atoms with E-state index in [2.05, 4.69) is 10.3 Å². The van der Waals surface area contributed by atoms with Crippen LogP contribution in [0.4, 0.5) is 0 Å². The van der Waals surface area contributed by atoms with Crippen LogP contribution >= 0.6 is 0 Å². The van der Waals surface area contributed by atoms with Gasteiger partial charge in [0, 0.05) is 25.5 Å². The lowest BCUT2D eigenvalue weighted by Gasteiger charge is -2.28. The molecule has 6 nitrogen and oxygen atoms in total. The minimum Gasteiger partial charge on any atom is -0.477 e. The Morgan fingerprint density at radius 2 is 2.10 bits per heavy atom. The molecule has 1 atom stereocenters. The number of aromatic nitrogens is 1. The molecule has 2 rings (SSSR count). The van der Waals surface area contributed by atoms with Gasteiger partial charge < -0.3 is 15.2 Å². The fraction of sp³-hybridized carbons (Fsp3) is 0.500. The van der Waals surface area contributed by atoms with E-state index >= 15 is 0 Å². The van der Waals surface area contributed by atoms with Gasteiger partial charge in [-0.25, -0.2) is 9.78 Å². The fourth-order valence-corrected chi connectivity index (χ4v) is 2.28. The number of nitrogens with zero attached hydrogens (tertiary/aromatic N) is 1. The van der Waals surface area contributed by atoms with Crippen molar-refractivity contribution >= 4 is 11.9 Å². The molecule has 0 spiro atoms. The zero-order valence-corrected chi connectivity index (χ0v) is 11.3. The molecule has 2 N–H and O–H groups in total. The third kappa shape index (κ3) is 3.54. The van der Waals surface area contributed by atoms with E-state index in [9.17, 15) is 9.59 Å². The van der Waals surface area contributed by atoms with Crippen molar-refractivity contribution in [1.29, 1.82) is 0 Å². The summed E-state index contributed by atoms with van der Waals surface area (Å²) in [5.74, 6) is -0.917. The highest BCUT2D eigenvalue weighted by molar-refractivity contribution is 5.95. The van der Waals surface area contributed by atoms with Gasteiger partial charge in [0.1, 0.15) is 5.69 Å². The topological polar surface area (TPSA) is 88.5 Å². The number of hydrogen-bond donors (Lipinski definition) is 2. The maximum atomic E-state index is 12.0. The second kappa shape index (κ2) is 6.47. The second-order valence-corrected chi connectivity index (χ2v) is 4.95. The van der Waals surface area contributed by atoms with Gasteiger partial charge in [0.25, 0.3) is 5.91 Å². The molecule has 1 aliphatic rings. The van der Waals surface area contributed by atoms with Crippen molar-refractivity contribution in [3.05, 3.63) is 29.6 Å². The molecule has 1 saturated heterocycles. The van der Waals surface area contributed by atoms with E-state index in [-0.39, 0.29) is 17.6 Å². The summed E-state index contributed by atoms with van der Waals surface area (Å²) < 4.78 is 5.30. The Morgan fingerprint density at radius 3 is 2.65 bits per heavy atom. The van der Waals surface area contributed by atoms with E-state index in [1.165, 1.54) is 18.3 Å². The van der Waals surface area contributed by atoms with Gasteiger partial charge in [-0.15, -0.1) is 0 Å². The molecule has 0 saturated carbocycles. The molecule has 0 bridgehead atoms. The van der Waals surface area contributed by atoms with Crippen molar-refractivity contribution in [2.75, 3.05) is 13.2 Å². The van der Waals surface area contributed by atoms with Gasteiger partial charge >= 0.3 is 5.97 Å². The predicted molar refractivity (Wildman–Crippen MR) is 71.7 cm³/mol. The highest BCUT2D eigenvalue weighted by atomic mass is 16.5. The van der Waals surface area contributed by atoms with Crippen molar-refractivity contribution in [3.8, 4) is 0 Å². The van der Waals surface area contributed by atoms with Crippen LogP contribution in [-0.2, 0) is 4.74 Å². The SMILES string of the molecule is CC(NC(=O)c1ccc(C(=O)O)nc1)C1CCOCC1. The smallest absolute Gasteiger partial charge is 0.354 e. The standard InChI is InChI=1S/C14H18N2O4/c1-9(10-4-6-20-7-5-10)16-13(17)11-2-3-12(14(18)19)15-8-11/h2-3,8-10H,4-7H2,1H3,(H,16,17)(H,18,19). The Hall–Kier alpha value is -1.95. The summed E-state index contributed by atoms with van der Waals surface area (Å²) in [6.07, 6.45) is 3.17. The van der Waals surface area contributed by atoms with Gasteiger partial charge in [0.15, 0.2) is 0 Å². The van der Waals surface area contributed by atoms with E-state index in [1.54, 1.807) is 0 Å². The Labute approximate surface area is 117 Å². The number of amides is 1. The van der Waals surface area contributed by atoms with Crippen LogP contribution in [0.15, 0.2) is 18.3 Å². The number of nitrogens with one attached hydrogen (secondary N) is 1. The van der Waals surface area contributed by atoms with E-state index in [0.29, 0.717) is 11.5 Å². The molecule has 1 fully saturated rings. The maximum Gasteiger partial charge on any atom is 0.354 e. The highest BCUT2D eigenvalue weighted by Gasteiger charge is 2.22. The van der Waals surface area contributed by atoms with Gasteiger partial charge in [-0.3, -0.25) is 4.79 Å². The van der Waals surface area contributed by atoms with Crippen molar-refractivity contribution in [2.24, 2.45) is 5.92 Å². The number of rotatable bonds is 4. The van der Waals surface area contributed by atoms with Crippen LogP contribution in [-0.4, -0.2) is 41.2 Å². The van der Waals surface area contributed by atoms with Crippen molar-refractivity contribution in [2.45, 2.75) is 25.8 Å². The number of carboxylic acids is 1. The van der Waals surface area contributed by atoms with Gasteiger partial charge in [-0.05, 0) is 37.8 Å². The molecule has 1 unspecified atom stereocenters. The first-order chi connectivity index (χ1) is 9.58. The van der Waals surface area contributed by atoms with E-state index in [0.717, 1.165) is 26.1 Å². The minimum atomic E-state index is -1.10. The predicted octanol–water partition coefficient (Wildman–Crippen LogP) is 1.32. The summed E-state index contributed by atoms with van der Waals surface area (Å²) in [7, 11) is 0. The number of pyridine rings is 1. The van der Waals surface area contributed by atoms with Gasteiger partial charge in [0.05, 0.1) is 5.56 Å².